The highest BCUT2D eigenvalue weighted by Crippen LogP contribution is 2.23. The number of methoxy groups -OCH3 is 1. The molecule has 0 saturated carbocycles. The van der Waals surface area contributed by atoms with E-state index in [2.05, 4.69) is 22.4 Å². The first kappa shape index (κ1) is 11.5. The molecule has 1 aromatic heterocycles. The topological polar surface area (TPSA) is 60.2 Å². The summed E-state index contributed by atoms with van der Waals surface area (Å²) >= 11 is 0. The molecule has 16 heavy (non-hydrogen) atoms. The number of rotatable bonds is 5. The Kier molecular flexibility index (Phi) is 3.90. The van der Waals surface area contributed by atoms with E-state index in [1.165, 1.54) is 0 Å². The maximum absolute atomic E-state index is 5.28. The summed E-state index contributed by atoms with van der Waals surface area (Å²) in [6.45, 7) is 3.01. The van der Waals surface area contributed by atoms with Gasteiger partial charge in [0.05, 0.1) is 12.1 Å². The first-order chi connectivity index (χ1) is 7.83. The van der Waals surface area contributed by atoms with Gasteiger partial charge < -0.3 is 14.6 Å². The van der Waals surface area contributed by atoms with Crippen molar-refractivity contribution in [3.8, 4) is 0 Å². The van der Waals surface area contributed by atoms with E-state index in [1.54, 1.807) is 7.11 Å². The summed E-state index contributed by atoms with van der Waals surface area (Å²) in [5, 5.41) is 7.30. The SMILES string of the molecule is CCCCc1noc([C@H]2C[C@H](OC)CN2)n1. The van der Waals surface area contributed by atoms with E-state index < -0.39 is 0 Å². The third kappa shape index (κ3) is 2.59. The normalized spacial score (nSPS) is 25.1. The van der Waals surface area contributed by atoms with Crippen molar-refractivity contribution in [2.75, 3.05) is 13.7 Å². The van der Waals surface area contributed by atoms with Crippen LogP contribution in [0.1, 0.15) is 43.9 Å². The fourth-order valence-electron chi connectivity index (χ4n) is 1.92. The summed E-state index contributed by atoms with van der Waals surface area (Å²) in [5.74, 6) is 1.52. The van der Waals surface area contributed by atoms with Crippen molar-refractivity contribution < 1.29 is 9.26 Å². The van der Waals surface area contributed by atoms with Gasteiger partial charge in [-0.05, 0) is 12.8 Å². The first-order valence-electron chi connectivity index (χ1n) is 5.92. The summed E-state index contributed by atoms with van der Waals surface area (Å²) < 4.78 is 10.5. The highest BCUT2D eigenvalue weighted by atomic mass is 16.5. The van der Waals surface area contributed by atoms with Crippen LogP contribution in [0.3, 0.4) is 0 Å². The van der Waals surface area contributed by atoms with Gasteiger partial charge in [-0.2, -0.15) is 4.98 Å². The second kappa shape index (κ2) is 5.41. The molecule has 1 fully saturated rings. The molecule has 1 aromatic rings. The molecule has 0 radical (unpaired) electrons. The zero-order valence-corrected chi connectivity index (χ0v) is 9.90. The van der Waals surface area contributed by atoms with E-state index in [0.717, 1.165) is 38.1 Å². The Bertz CT molecular complexity index is 327. The molecule has 1 N–H and O–H groups in total. The maximum Gasteiger partial charge on any atom is 0.243 e. The highest BCUT2D eigenvalue weighted by Gasteiger charge is 2.29. The van der Waals surface area contributed by atoms with Crippen molar-refractivity contribution in [2.45, 2.75) is 44.8 Å². The molecule has 5 nitrogen and oxygen atoms in total. The Labute approximate surface area is 95.6 Å². The second-order valence-corrected chi connectivity index (χ2v) is 4.21. The molecule has 0 bridgehead atoms. The minimum atomic E-state index is 0.160. The smallest absolute Gasteiger partial charge is 0.243 e. The summed E-state index contributed by atoms with van der Waals surface area (Å²) in [6.07, 6.45) is 4.33. The van der Waals surface area contributed by atoms with E-state index in [4.69, 9.17) is 9.26 Å². The third-order valence-electron chi connectivity index (χ3n) is 2.96. The summed E-state index contributed by atoms with van der Waals surface area (Å²) in [6, 6.07) is 0.160. The maximum atomic E-state index is 5.28. The highest BCUT2D eigenvalue weighted by molar-refractivity contribution is 4.97. The zero-order valence-electron chi connectivity index (χ0n) is 9.90. The number of hydrogen-bond donors (Lipinski definition) is 1. The number of unbranched alkanes of at least 4 members (excludes halogenated alkanes) is 1. The molecule has 2 heterocycles. The fourth-order valence-corrected chi connectivity index (χ4v) is 1.92. The molecule has 1 aliphatic heterocycles. The zero-order chi connectivity index (χ0) is 11.4. The number of aromatic nitrogens is 2. The van der Waals surface area contributed by atoms with Crippen LogP contribution in [0.15, 0.2) is 4.52 Å². The van der Waals surface area contributed by atoms with Crippen LogP contribution in [0.5, 0.6) is 0 Å². The molecule has 2 rings (SSSR count). The molecule has 90 valence electrons. The quantitative estimate of drug-likeness (QED) is 0.822. The number of ether oxygens (including phenoxy) is 1. The van der Waals surface area contributed by atoms with Gasteiger partial charge in [0.15, 0.2) is 5.82 Å². The van der Waals surface area contributed by atoms with Gasteiger partial charge in [-0.25, -0.2) is 0 Å². The fraction of sp³-hybridized carbons (Fsp3) is 0.818. The monoisotopic (exact) mass is 225 g/mol. The van der Waals surface area contributed by atoms with E-state index >= 15 is 0 Å². The predicted octanol–water partition coefficient (Wildman–Crippen LogP) is 1.46. The predicted molar refractivity (Wildman–Crippen MR) is 59.1 cm³/mol. The summed E-state index contributed by atoms with van der Waals surface area (Å²) in [4.78, 5) is 4.40. The number of nitrogens with zero attached hydrogens (tertiary/aromatic N) is 2. The van der Waals surface area contributed by atoms with E-state index in [9.17, 15) is 0 Å². The van der Waals surface area contributed by atoms with Crippen LogP contribution in [0.25, 0.3) is 0 Å². The van der Waals surface area contributed by atoms with Gasteiger partial charge in [-0.3, -0.25) is 0 Å². The van der Waals surface area contributed by atoms with E-state index in [-0.39, 0.29) is 12.1 Å². The van der Waals surface area contributed by atoms with Crippen LogP contribution in [0, 0.1) is 0 Å². The lowest BCUT2D eigenvalue weighted by Crippen LogP contribution is -2.16. The molecule has 0 unspecified atom stereocenters. The Morgan fingerprint density at radius 3 is 3.12 bits per heavy atom. The van der Waals surface area contributed by atoms with Gasteiger partial charge in [0.25, 0.3) is 0 Å². The van der Waals surface area contributed by atoms with Crippen molar-refractivity contribution in [3.05, 3.63) is 11.7 Å². The standard InChI is InChI=1S/C11H19N3O2/c1-3-4-5-10-13-11(16-14-10)9-6-8(15-2)7-12-9/h8-9,12H,3-7H2,1-2H3/t8-,9+/m0/s1. The van der Waals surface area contributed by atoms with E-state index in [1.807, 2.05) is 0 Å². The second-order valence-electron chi connectivity index (χ2n) is 4.21. The Hall–Kier alpha value is -0.940. The van der Waals surface area contributed by atoms with Crippen LogP contribution in [-0.4, -0.2) is 29.9 Å². The average molecular weight is 225 g/mol. The van der Waals surface area contributed by atoms with Crippen molar-refractivity contribution in [2.24, 2.45) is 0 Å². The van der Waals surface area contributed by atoms with Crippen LogP contribution in [0.2, 0.25) is 0 Å². The van der Waals surface area contributed by atoms with Crippen LogP contribution in [-0.2, 0) is 11.2 Å². The molecular formula is C11H19N3O2. The number of aryl methyl sites for hydroxylation is 1. The van der Waals surface area contributed by atoms with Gasteiger partial charge in [-0.1, -0.05) is 18.5 Å². The molecule has 5 heteroatoms. The van der Waals surface area contributed by atoms with Gasteiger partial charge in [0, 0.05) is 20.1 Å². The Balaban J connectivity index is 1.92. The lowest BCUT2D eigenvalue weighted by Gasteiger charge is -2.04. The minimum absolute atomic E-state index is 0.160. The molecule has 1 saturated heterocycles. The summed E-state index contributed by atoms with van der Waals surface area (Å²) in [5.41, 5.74) is 0. The van der Waals surface area contributed by atoms with Crippen molar-refractivity contribution >= 4 is 0 Å². The molecule has 0 aromatic carbocycles. The van der Waals surface area contributed by atoms with Gasteiger partial charge in [0.2, 0.25) is 5.89 Å². The van der Waals surface area contributed by atoms with Gasteiger partial charge in [-0.15, -0.1) is 0 Å². The lowest BCUT2D eigenvalue weighted by molar-refractivity contribution is 0.116. The molecule has 0 aliphatic carbocycles. The first-order valence-corrected chi connectivity index (χ1v) is 5.92. The molecule has 1 aliphatic rings. The van der Waals surface area contributed by atoms with Gasteiger partial charge in [0.1, 0.15) is 0 Å². The Morgan fingerprint density at radius 2 is 2.44 bits per heavy atom. The molecule has 0 amide bonds. The van der Waals surface area contributed by atoms with Crippen molar-refractivity contribution in [1.29, 1.82) is 0 Å². The summed E-state index contributed by atoms with van der Waals surface area (Å²) in [7, 11) is 1.73. The minimum Gasteiger partial charge on any atom is -0.380 e. The largest absolute Gasteiger partial charge is 0.380 e. The molecular weight excluding hydrogens is 206 g/mol. The van der Waals surface area contributed by atoms with Crippen LogP contribution < -0.4 is 5.32 Å². The van der Waals surface area contributed by atoms with Crippen molar-refractivity contribution in [1.82, 2.24) is 15.5 Å². The van der Waals surface area contributed by atoms with Gasteiger partial charge >= 0.3 is 0 Å². The van der Waals surface area contributed by atoms with Crippen LogP contribution in [0.4, 0.5) is 0 Å². The van der Waals surface area contributed by atoms with Crippen LogP contribution >= 0.6 is 0 Å². The van der Waals surface area contributed by atoms with E-state index in [0.29, 0.717) is 5.89 Å². The third-order valence-corrected chi connectivity index (χ3v) is 2.96. The molecule has 0 spiro atoms. The molecule has 2 atom stereocenters. The van der Waals surface area contributed by atoms with Crippen molar-refractivity contribution in [3.63, 3.8) is 0 Å². The lowest BCUT2D eigenvalue weighted by atomic mass is 10.2. The Morgan fingerprint density at radius 1 is 1.56 bits per heavy atom. The number of nitrogens with one attached hydrogen (secondary N) is 1. The number of hydrogen-bond acceptors (Lipinski definition) is 5. The average Bonchev–Trinajstić information content (AvgIpc) is 2.94.